The molecule has 1 atom stereocenters. The molecule has 1 aromatic carbocycles. The van der Waals surface area contributed by atoms with Gasteiger partial charge in [0.15, 0.2) is 0 Å². The molecule has 0 saturated heterocycles. The smallest absolute Gasteiger partial charge is 0.307 e. The molecule has 0 saturated carbocycles. The van der Waals surface area contributed by atoms with Gasteiger partial charge in [0, 0.05) is 6.04 Å². The van der Waals surface area contributed by atoms with Crippen molar-refractivity contribution in [2.24, 2.45) is 0 Å². The van der Waals surface area contributed by atoms with Gasteiger partial charge in [0.05, 0.1) is 25.1 Å². The van der Waals surface area contributed by atoms with Gasteiger partial charge in [0.2, 0.25) is 0 Å². The standard InChI is InChI=1S/C13H18BrNO3/c1-15(2)11(8-13(16)18-4)9-5-6-12(17-3)10(14)7-9/h5-7,11H,8H2,1-4H3. The van der Waals surface area contributed by atoms with Gasteiger partial charge < -0.3 is 14.4 Å². The Balaban J connectivity index is 2.99. The van der Waals surface area contributed by atoms with Gasteiger partial charge in [0.25, 0.3) is 0 Å². The monoisotopic (exact) mass is 315 g/mol. The minimum Gasteiger partial charge on any atom is -0.496 e. The number of hydrogen-bond donors (Lipinski definition) is 0. The van der Waals surface area contributed by atoms with Gasteiger partial charge in [-0.2, -0.15) is 0 Å². The van der Waals surface area contributed by atoms with Gasteiger partial charge in [-0.1, -0.05) is 6.07 Å². The predicted molar refractivity (Wildman–Crippen MR) is 73.8 cm³/mol. The van der Waals surface area contributed by atoms with Gasteiger partial charge in [-0.25, -0.2) is 0 Å². The van der Waals surface area contributed by atoms with Crippen LogP contribution in [0.1, 0.15) is 18.0 Å². The van der Waals surface area contributed by atoms with Crippen molar-refractivity contribution in [3.63, 3.8) is 0 Å². The van der Waals surface area contributed by atoms with Gasteiger partial charge in [0.1, 0.15) is 5.75 Å². The van der Waals surface area contributed by atoms with Crippen LogP contribution in [-0.2, 0) is 9.53 Å². The number of halogens is 1. The number of nitrogens with zero attached hydrogens (tertiary/aromatic N) is 1. The van der Waals surface area contributed by atoms with Crippen LogP contribution in [0.4, 0.5) is 0 Å². The van der Waals surface area contributed by atoms with Gasteiger partial charge in [-0.15, -0.1) is 0 Å². The summed E-state index contributed by atoms with van der Waals surface area (Å²) in [5, 5.41) is 0. The topological polar surface area (TPSA) is 38.8 Å². The molecule has 0 aliphatic heterocycles. The maximum Gasteiger partial charge on any atom is 0.307 e. The van der Waals surface area contributed by atoms with E-state index in [1.807, 2.05) is 37.2 Å². The highest BCUT2D eigenvalue weighted by atomic mass is 79.9. The molecule has 0 aliphatic carbocycles. The average molecular weight is 316 g/mol. The maximum absolute atomic E-state index is 11.4. The van der Waals surface area contributed by atoms with Crippen molar-refractivity contribution in [3.05, 3.63) is 28.2 Å². The fourth-order valence-corrected chi connectivity index (χ4v) is 2.29. The van der Waals surface area contributed by atoms with E-state index < -0.39 is 0 Å². The summed E-state index contributed by atoms with van der Waals surface area (Å²) in [6.07, 6.45) is 0.322. The number of ether oxygens (including phenoxy) is 2. The first-order chi connectivity index (χ1) is 8.49. The molecule has 0 aromatic heterocycles. The third-order valence-corrected chi connectivity index (χ3v) is 3.39. The fraction of sp³-hybridized carbons (Fsp3) is 0.462. The lowest BCUT2D eigenvalue weighted by Crippen LogP contribution is -2.23. The van der Waals surface area contributed by atoms with E-state index in [1.54, 1.807) is 7.11 Å². The summed E-state index contributed by atoms with van der Waals surface area (Å²) in [7, 11) is 6.90. The highest BCUT2D eigenvalue weighted by Gasteiger charge is 2.19. The van der Waals surface area contributed by atoms with E-state index in [0.29, 0.717) is 6.42 Å². The van der Waals surface area contributed by atoms with E-state index in [9.17, 15) is 4.79 Å². The van der Waals surface area contributed by atoms with E-state index in [2.05, 4.69) is 15.9 Å². The molecule has 0 aliphatic rings. The molecule has 4 nitrogen and oxygen atoms in total. The van der Waals surface area contributed by atoms with Crippen molar-refractivity contribution in [1.29, 1.82) is 0 Å². The number of benzene rings is 1. The Morgan fingerprint density at radius 2 is 2.06 bits per heavy atom. The Kier molecular flexibility index (Phi) is 5.62. The molecule has 0 spiro atoms. The van der Waals surface area contributed by atoms with Crippen LogP contribution in [-0.4, -0.2) is 39.2 Å². The Morgan fingerprint density at radius 1 is 1.39 bits per heavy atom. The number of esters is 1. The normalized spacial score (nSPS) is 12.3. The number of carbonyl (C=O) groups excluding carboxylic acids is 1. The molecular formula is C13H18BrNO3. The van der Waals surface area contributed by atoms with Crippen molar-refractivity contribution in [3.8, 4) is 5.75 Å². The van der Waals surface area contributed by atoms with E-state index >= 15 is 0 Å². The lowest BCUT2D eigenvalue weighted by Gasteiger charge is -2.24. The molecule has 18 heavy (non-hydrogen) atoms. The van der Waals surface area contributed by atoms with E-state index in [1.165, 1.54) is 7.11 Å². The van der Waals surface area contributed by atoms with Gasteiger partial charge in [-0.05, 0) is 47.7 Å². The highest BCUT2D eigenvalue weighted by molar-refractivity contribution is 9.10. The lowest BCUT2D eigenvalue weighted by molar-refractivity contribution is -0.141. The van der Waals surface area contributed by atoms with Crippen LogP contribution in [0.2, 0.25) is 0 Å². The molecular weight excluding hydrogens is 298 g/mol. The Labute approximate surface area is 116 Å². The molecule has 0 radical (unpaired) electrons. The summed E-state index contributed by atoms with van der Waals surface area (Å²) in [5.41, 5.74) is 1.04. The molecule has 0 fully saturated rings. The summed E-state index contributed by atoms with van der Waals surface area (Å²) < 4.78 is 10.8. The third kappa shape index (κ3) is 3.71. The second-order valence-electron chi connectivity index (χ2n) is 4.15. The molecule has 0 amide bonds. The summed E-state index contributed by atoms with van der Waals surface area (Å²) in [6, 6.07) is 5.79. The molecule has 5 heteroatoms. The average Bonchev–Trinajstić information content (AvgIpc) is 2.35. The zero-order valence-corrected chi connectivity index (χ0v) is 12.7. The van der Waals surface area contributed by atoms with Gasteiger partial charge in [-0.3, -0.25) is 4.79 Å². The van der Waals surface area contributed by atoms with Crippen LogP contribution in [0, 0.1) is 0 Å². The predicted octanol–water partition coefficient (Wildman–Crippen LogP) is 2.62. The number of carbonyl (C=O) groups is 1. The Hall–Kier alpha value is -1.07. The number of hydrogen-bond acceptors (Lipinski definition) is 4. The van der Waals surface area contributed by atoms with Crippen molar-refractivity contribution in [2.75, 3.05) is 28.3 Å². The molecule has 1 unspecified atom stereocenters. The van der Waals surface area contributed by atoms with Crippen LogP contribution >= 0.6 is 15.9 Å². The fourth-order valence-electron chi connectivity index (χ4n) is 1.73. The van der Waals surface area contributed by atoms with Crippen LogP contribution in [0.25, 0.3) is 0 Å². The third-order valence-electron chi connectivity index (χ3n) is 2.77. The molecule has 1 aromatic rings. The minimum absolute atomic E-state index is 0.0142. The molecule has 0 heterocycles. The first-order valence-electron chi connectivity index (χ1n) is 5.56. The van der Waals surface area contributed by atoms with Crippen molar-refractivity contribution in [1.82, 2.24) is 4.90 Å². The number of rotatable bonds is 5. The Bertz CT molecular complexity index is 421. The first-order valence-corrected chi connectivity index (χ1v) is 6.35. The van der Waals surface area contributed by atoms with Gasteiger partial charge >= 0.3 is 5.97 Å². The maximum atomic E-state index is 11.4. The van der Waals surface area contributed by atoms with Crippen LogP contribution in [0.15, 0.2) is 22.7 Å². The van der Waals surface area contributed by atoms with E-state index in [4.69, 9.17) is 9.47 Å². The zero-order chi connectivity index (χ0) is 13.7. The SMILES string of the molecule is COC(=O)CC(c1ccc(OC)c(Br)c1)N(C)C. The second kappa shape index (κ2) is 6.75. The van der Waals surface area contributed by atoms with Crippen LogP contribution in [0.5, 0.6) is 5.75 Å². The zero-order valence-electron chi connectivity index (χ0n) is 11.1. The number of methoxy groups -OCH3 is 2. The molecule has 0 N–H and O–H groups in total. The summed E-state index contributed by atoms with van der Waals surface area (Å²) in [4.78, 5) is 13.4. The minimum atomic E-state index is -0.222. The summed E-state index contributed by atoms with van der Waals surface area (Å²) >= 11 is 3.45. The van der Waals surface area contributed by atoms with Crippen molar-refractivity contribution < 1.29 is 14.3 Å². The summed E-state index contributed by atoms with van der Waals surface area (Å²) in [5.74, 6) is 0.551. The van der Waals surface area contributed by atoms with Crippen molar-refractivity contribution >= 4 is 21.9 Å². The molecule has 1 rings (SSSR count). The first kappa shape index (κ1) is 15.0. The van der Waals surface area contributed by atoms with Crippen LogP contribution in [0.3, 0.4) is 0 Å². The quantitative estimate of drug-likeness (QED) is 0.783. The molecule has 100 valence electrons. The van der Waals surface area contributed by atoms with E-state index in [-0.39, 0.29) is 12.0 Å². The lowest BCUT2D eigenvalue weighted by atomic mass is 10.0. The summed E-state index contributed by atoms with van der Waals surface area (Å²) in [6.45, 7) is 0. The Morgan fingerprint density at radius 3 is 2.50 bits per heavy atom. The highest BCUT2D eigenvalue weighted by Crippen LogP contribution is 2.31. The van der Waals surface area contributed by atoms with E-state index in [0.717, 1.165) is 15.8 Å². The largest absolute Gasteiger partial charge is 0.496 e. The second-order valence-corrected chi connectivity index (χ2v) is 5.01. The molecule has 0 bridgehead atoms. The van der Waals surface area contributed by atoms with Crippen molar-refractivity contribution in [2.45, 2.75) is 12.5 Å². The van der Waals surface area contributed by atoms with Crippen LogP contribution < -0.4 is 4.74 Å².